The molecule has 1 fully saturated rings. The lowest BCUT2D eigenvalue weighted by molar-refractivity contribution is 0.279. The van der Waals surface area contributed by atoms with Crippen molar-refractivity contribution in [1.82, 2.24) is 24.9 Å². The van der Waals surface area contributed by atoms with Crippen LogP contribution in [0.5, 0.6) is 0 Å². The molecule has 31 heavy (non-hydrogen) atoms. The molecule has 4 rings (SSSR count). The van der Waals surface area contributed by atoms with Crippen LogP contribution in [0.25, 0.3) is 0 Å². The molecule has 0 aliphatic carbocycles. The first-order valence-electron chi connectivity index (χ1n) is 11.8. The number of rotatable bonds is 1. The molecule has 1 saturated heterocycles. The Kier molecular flexibility index (Phi) is 7.84. The molecule has 1 unspecified atom stereocenters. The van der Waals surface area contributed by atoms with Crippen molar-refractivity contribution in [2.75, 3.05) is 9.62 Å². The molecule has 0 radical (unpaired) electrons. The Morgan fingerprint density at radius 1 is 0.968 bits per heavy atom. The van der Waals surface area contributed by atoms with Gasteiger partial charge in [-0.3, -0.25) is 0 Å². The van der Waals surface area contributed by atoms with E-state index in [1.165, 1.54) is 12.1 Å². The van der Waals surface area contributed by atoms with E-state index < -0.39 is 0 Å². The quantitative estimate of drug-likeness (QED) is 0.609. The molecule has 0 N–H and O–H groups in total. The summed E-state index contributed by atoms with van der Waals surface area (Å²) >= 11 is 0. The van der Waals surface area contributed by atoms with E-state index in [9.17, 15) is 0 Å². The summed E-state index contributed by atoms with van der Waals surface area (Å²) in [6.45, 7) is 24.5. The summed E-state index contributed by atoms with van der Waals surface area (Å²) in [5.41, 5.74) is 0.964. The normalized spacial score (nSPS) is 19.8. The van der Waals surface area contributed by atoms with Crippen LogP contribution in [0.2, 0.25) is 13.6 Å². The Bertz CT molecular complexity index is 819. The fourth-order valence-corrected chi connectivity index (χ4v) is 4.98. The fraction of sp³-hybridized carbons (Fsp3) is 0.682. The molecular weight excluding hydrogens is 384 g/mol. The van der Waals surface area contributed by atoms with Crippen LogP contribution in [0.3, 0.4) is 0 Å². The topological polar surface area (TPSA) is 53.3 Å². The Morgan fingerprint density at radius 2 is 1.48 bits per heavy atom. The van der Waals surface area contributed by atoms with Gasteiger partial charge in [0.2, 0.25) is 5.95 Å². The lowest BCUT2D eigenvalue weighted by Crippen LogP contribution is -2.79. The van der Waals surface area contributed by atoms with Gasteiger partial charge < -0.3 is 14.3 Å². The van der Waals surface area contributed by atoms with Gasteiger partial charge in [0.25, 0.3) is 0 Å². The monoisotopic (exact) mass is 425 g/mol. The molecule has 1 aromatic heterocycles. The van der Waals surface area contributed by atoms with Crippen molar-refractivity contribution < 1.29 is 0 Å². The van der Waals surface area contributed by atoms with E-state index in [4.69, 9.17) is 0 Å². The molecule has 2 aromatic rings. The van der Waals surface area contributed by atoms with Crippen LogP contribution in [0.4, 0.5) is 11.6 Å². The lowest BCUT2D eigenvalue weighted by atomic mass is 9.53. The maximum absolute atomic E-state index is 4.37. The molecule has 0 amide bonds. The van der Waals surface area contributed by atoms with Gasteiger partial charge in [-0.05, 0) is 62.7 Å². The predicted molar refractivity (Wildman–Crippen MR) is 134 cm³/mol. The average molecular weight is 425 g/mol. The minimum Gasteiger partial charge on any atom is -0.381 e. The van der Waals surface area contributed by atoms with Crippen molar-refractivity contribution in [3.8, 4) is 0 Å². The summed E-state index contributed by atoms with van der Waals surface area (Å²) in [5.74, 6) is 0.842. The zero-order chi connectivity index (χ0) is 23.6. The highest BCUT2D eigenvalue weighted by molar-refractivity contribution is 6.77. The number of hydrogen-bond donors (Lipinski definition) is 0. The van der Waals surface area contributed by atoms with Gasteiger partial charge in [0.1, 0.15) is 6.17 Å². The highest BCUT2D eigenvalue weighted by Crippen LogP contribution is 2.45. The van der Waals surface area contributed by atoms with Gasteiger partial charge in [-0.1, -0.05) is 71.1 Å². The third-order valence-electron chi connectivity index (χ3n) is 5.83. The van der Waals surface area contributed by atoms with E-state index in [1.807, 2.05) is 18.5 Å². The van der Waals surface area contributed by atoms with Crippen molar-refractivity contribution in [3.63, 3.8) is 0 Å². The van der Waals surface area contributed by atoms with Crippen LogP contribution in [-0.4, -0.2) is 50.6 Å². The second-order valence-electron chi connectivity index (χ2n) is 9.62. The van der Waals surface area contributed by atoms with Gasteiger partial charge in [0.15, 0.2) is 0 Å². The first kappa shape index (κ1) is 25.2. The maximum Gasteiger partial charge on any atom is 0.334 e. The average Bonchev–Trinajstić information content (AvgIpc) is 3.26. The molecule has 2 aliphatic heterocycles. The third-order valence-corrected chi connectivity index (χ3v) is 5.83. The van der Waals surface area contributed by atoms with E-state index in [-0.39, 0.29) is 31.2 Å². The van der Waals surface area contributed by atoms with Gasteiger partial charge >= 0.3 is 14.0 Å². The molecular formula is C22H41B2N7. The van der Waals surface area contributed by atoms with Crippen LogP contribution in [0.1, 0.15) is 68.7 Å². The number of benzene rings is 1. The molecule has 0 spiro atoms. The minimum atomic E-state index is -0.249. The van der Waals surface area contributed by atoms with Crippen LogP contribution >= 0.6 is 0 Å². The smallest absolute Gasteiger partial charge is 0.334 e. The summed E-state index contributed by atoms with van der Waals surface area (Å²) in [7, 11) is 0. The number of fused-ring (bicyclic) bond motifs is 3. The summed E-state index contributed by atoms with van der Waals surface area (Å²) in [6, 6.07) is 10.7. The number of para-hydroxylation sites is 1. The standard InChI is InChI=1S/C17H27B2N7.C3H8.C2H6/c1-16(2,3)26-18(6)23(13-11-9-8-10-12-13)14-17(4,5)25-15(20-21-22-25)24(14)19(26)7;1-3-2;1-2/h8-12,14H,1-7H3;3H2,1-2H3;1-2H3. The Morgan fingerprint density at radius 3 is 2.00 bits per heavy atom. The van der Waals surface area contributed by atoms with Gasteiger partial charge in [0.05, 0.1) is 5.54 Å². The second kappa shape index (κ2) is 9.63. The van der Waals surface area contributed by atoms with Gasteiger partial charge in [-0.25, -0.2) is 4.68 Å². The van der Waals surface area contributed by atoms with Crippen molar-refractivity contribution in [2.45, 2.75) is 99.6 Å². The van der Waals surface area contributed by atoms with Crippen molar-refractivity contribution >= 4 is 25.6 Å². The van der Waals surface area contributed by atoms with Crippen molar-refractivity contribution in [3.05, 3.63) is 30.3 Å². The molecule has 0 saturated carbocycles. The summed E-state index contributed by atoms with van der Waals surface area (Å²) in [4.78, 5) is 4.87. The zero-order valence-electron chi connectivity index (χ0n) is 21.5. The van der Waals surface area contributed by atoms with E-state index in [0.29, 0.717) is 0 Å². The van der Waals surface area contributed by atoms with Crippen LogP contribution in [0.15, 0.2) is 30.3 Å². The predicted octanol–water partition coefficient (Wildman–Crippen LogP) is 4.85. The van der Waals surface area contributed by atoms with E-state index in [0.717, 1.165) is 5.95 Å². The molecule has 3 heterocycles. The highest BCUT2D eigenvalue weighted by Gasteiger charge is 2.60. The Hall–Kier alpha value is -2.02. The first-order chi connectivity index (χ1) is 14.6. The van der Waals surface area contributed by atoms with Crippen LogP contribution in [0, 0.1) is 0 Å². The third kappa shape index (κ3) is 4.34. The minimum absolute atomic E-state index is 0.00183. The van der Waals surface area contributed by atoms with Crippen LogP contribution in [-0.2, 0) is 5.54 Å². The Balaban J connectivity index is 0.000000630. The summed E-state index contributed by atoms with van der Waals surface area (Å²) in [6.07, 6.45) is 1.37. The van der Waals surface area contributed by atoms with Crippen molar-refractivity contribution in [1.29, 1.82) is 0 Å². The second-order valence-corrected chi connectivity index (χ2v) is 9.62. The van der Waals surface area contributed by atoms with E-state index >= 15 is 0 Å². The number of anilines is 2. The molecule has 0 bridgehead atoms. The molecule has 1 aromatic carbocycles. The van der Waals surface area contributed by atoms with Gasteiger partial charge in [0, 0.05) is 5.69 Å². The SMILES string of the molecule is CB1N(c2ccccc2)C2N(B(C)N1C(C)(C)C)c1nnnn1C2(C)C.CC.CCC. The maximum atomic E-state index is 4.37. The lowest BCUT2D eigenvalue weighted by Gasteiger charge is -2.58. The molecule has 9 heteroatoms. The fourth-order valence-electron chi connectivity index (χ4n) is 4.98. The van der Waals surface area contributed by atoms with E-state index in [1.54, 1.807) is 0 Å². The van der Waals surface area contributed by atoms with Gasteiger partial charge in [-0.2, -0.15) is 0 Å². The summed E-state index contributed by atoms with van der Waals surface area (Å²) < 4.78 is 4.51. The van der Waals surface area contributed by atoms with E-state index in [2.05, 4.69) is 122 Å². The molecule has 170 valence electrons. The Labute approximate surface area is 190 Å². The summed E-state index contributed by atoms with van der Waals surface area (Å²) in [5, 5.41) is 12.6. The molecule has 1 atom stereocenters. The number of hydrogen-bond acceptors (Lipinski definition) is 6. The molecule has 2 aliphatic rings. The van der Waals surface area contributed by atoms with Crippen molar-refractivity contribution in [2.24, 2.45) is 0 Å². The number of tetrazole rings is 1. The highest BCUT2D eigenvalue weighted by atomic mass is 15.7. The molecule has 7 nitrogen and oxygen atoms in total. The largest absolute Gasteiger partial charge is 0.381 e. The number of nitrogens with zero attached hydrogens (tertiary/aromatic N) is 7. The first-order valence-corrected chi connectivity index (χ1v) is 11.8. The van der Waals surface area contributed by atoms with Gasteiger partial charge in [-0.15, -0.1) is 0 Å². The van der Waals surface area contributed by atoms with Crippen LogP contribution < -0.4 is 9.62 Å². The number of aromatic nitrogens is 4. The zero-order valence-corrected chi connectivity index (χ0v) is 21.5.